The van der Waals surface area contributed by atoms with E-state index in [0.29, 0.717) is 34.5 Å². The Morgan fingerprint density at radius 2 is 1.63 bits per heavy atom. The fourth-order valence-electron chi connectivity index (χ4n) is 4.15. The van der Waals surface area contributed by atoms with Gasteiger partial charge in [0.05, 0.1) is 17.2 Å². The minimum atomic E-state index is -4.20. The van der Waals surface area contributed by atoms with Gasteiger partial charge in [-0.3, -0.25) is 13.9 Å². The molecule has 0 saturated heterocycles. The van der Waals surface area contributed by atoms with Crippen LogP contribution in [0.4, 0.5) is 5.69 Å². The standard InChI is InChI=1S/C31H37Cl2N3O5S2/c1-6-41-26-11-9-25(10-12-26)36(43(39,40)28-15-13-27(42-5)14-16-28)20-30(37)35(22(4)31(38)34-18-21(2)3)19-23-7-8-24(32)17-29(23)33/h7-17,21-22H,6,18-20H2,1-5H3,(H,34,38)/t22-/m1/s1. The van der Waals surface area contributed by atoms with Gasteiger partial charge in [-0.25, -0.2) is 8.42 Å². The van der Waals surface area contributed by atoms with Crippen LogP contribution in [0.3, 0.4) is 0 Å². The van der Waals surface area contributed by atoms with Gasteiger partial charge in [0.25, 0.3) is 10.0 Å². The van der Waals surface area contributed by atoms with Gasteiger partial charge >= 0.3 is 0 Å². The predicted molar refractivity (Wildman–Crippen MR) is 175 cm³/mol. The molecule has 0 radical (unpaired) electrons. The van der Waals surface area contributed by atoms with Crippen molar-refractivity contribution in [1.29, 1.82) is 0 Å². The molecule has 12 heteroatoms. The predicted octanol–water partition coefficient (Wildman–Crippen LogP) is 6.50. The normalized spacial score (nSPS) is 12.1. The van der Waals surface area contributed by atoms with Gasteiger partial charge in [-0.1, -0.05) is 43.1 Å². The highest BCUT2D eigenvalue weighted by atomic mass is 35.5. The zero-order chi connectivity index (χ0) is 31.7. The van der Waals surface area contributed by atoms with Crippen molar-refractivity contribution in [1.82, 2.24) is 10.2 Å². The molecule has 3 aromatic carbocycles. The van der Waals surface area contributed by atoms with Crippen LogP contribution in [-0.2, 0) is 26.2 Å². The molecule has 232 valence electrons. The van der Waals surface area contributed by atoms with Gasteiger partial charge in [0.2, 0.25) is 11.8 Å². The third-order valence-electron chi connectivity index (χ3n) is 6.57. The summed E-state index contributed by atoms with van der Waals surface area (Å²) < 4.78 is 34.6. The summed E-state index contributed by atoms with van der Waals surface area (Å²) in [6.07, 6.45) is 1.90. The summed E-state index contributed by atoms with van der Waals surface area (Å²) in [6.45, 7) is 7.65. The van der Waals surface area contributed by atoms with E-state index in [2.05, 4.69) is 5.32 Å². The van der Waals surface area contributed by atoms with Crippen molar-refractivity contribution in [2.45, 2.75) is 50.1 Å². The van der Waals surface area contributed by atoms with Crippen molar-refractivity contribution in [2.75, 3.05) is 30.3 Å². The number of halogens is 2. The molecule has 0 aliphatic rings. The highest BCUT2D eigenvalue weighted by Gasteiger charge is 2.33. The smallest absolute Gasteiger partial charge is 0.264 e. The Labute approximate surface area is 268 Å². The number of anilines is 1. The van der Waals surface area contributed by atoms with Crippen molar-refractivity contribution in [3.05, 3.63) is 82.3 Å². The van der Waals surface area contributed by atoms with Crippen molar-refractivity contribution >= 4 is 62.5 Å². The second-order valence-corrected chi connectivity index (χ2v) is 13.8. The van der Waals surface area contributed by atoms with Gasteiger partial charge < -0.3 is 15.0 Å². The molecule has 8 nitrogen and oxygen atoms in total. The lowest BCUT2D eigenvalue weighted by Gasteiger charge is -2.32. The van der Waals surface area contributed by atoms with E-state index in [1.54, 1.807) is 61.5 Å². The number of carbonyl (C=O) groups excluding carboxylic acids is 2. The number of ether oxygens (including phenoxy) is 1. The molecule has 0 saturated carbocycles. The monoisotopic (exact) mass is 665 g/mol. The van der Waals surface area contributed by atoms with Crippen molar-refractivity contribution in [3.63, 3.8) is 0 Å². The maximum absolute atomic E-state index is 14.1. The molecular weight excluding hydrogens is 629 g/mol. The maximum atomic E-state index is 14.1. The lowest BCUT2D eigenvalue weighted by molar-refractivity contribution is -0.139. The van der Waals surface area contributed by atoms with Crippen LogP contribution in [0.5, 0.6) is 5.75 Å². The molecule has 0 aliphatic heterocycles. The van der Waals surface area contributed by atoms with E-state index >= 15 is 0 Å². The van der Waals surface area contributed by atoms with E-state index in [-0.39, 0.29) is 29.0 Å². The quantitative estimate of drug-likeness (QED) is 0.198. The fourth-order valence-corrected chi connectivity index (χ4v) is 6.44. The number of nitrogens with one attached hydrogen (secondary N) is 1. The molecule has 3 rings (SSSR count). The first-order valence-electron chi connectivity index (χ1n) is 13.8. The third kappa shape index (κ3) is 9.28. The second kappa shape index (κ2) is 15.7. The molecular formula is C31H37Cl2N3O5S2. The van der Waals surface area contributed by atoms with E-state index in [1.165, 1.54) is 28.8 Å². The molecule has 0 heterocycles. The zero-order valence-electron chi connectivity index (χ0n) is 24.8. The van der Waals surface area contributed by atoms with Gasteiger partial charge in [0, 0.05) is 28.0 Å². The Morgan fingerprint density at radius 3 is 2.19 bits per heavy atom. The lowest BCUT2D eigenvalue weighted by Crippen LogP contribution is -2.51. The fraction of sp³-hybridized carbons (Fsp3) is 0.355. The largest absolute Gasteiger partial charge is 0.494 e. The molecule has 2 amide bonds. The SMILES string of the molecule is CCOc1ccc(N(CC(=O)N(Cc2ccc(Cl)cc2Cl)[C@H](C)C(=O)NCC(C)C)S(=O)(=O)c2ccc(SC)cc2)cc1. The summed E-state index contributed by atoms with van der Waals surface area (Å²) in [7, 11) is -4.20. The number of benzene rings is 3. The van der Waals surface area contributed by atoms with Crippen molar-refractivity contribution in [2.24, 2.45) is 5.92 Å². The average molecular weight is 667 g/mol. The molecule has 43 heavy (non-hydrogen) atoms. The van der Waals surface area contributed by atoms with Crippen molar-refractivity contribution in [3.8, 4) is 5.75 Å². The van der Waals surface area contributed by atoms with Crippen LogP contribution in [0, 0.1) is 5.92 Å². The number of rotatable bonds is 14. The number of carbonyl (C=O) groups is 2. The van der Waals surface area contributed by atoms with Crippen LogP contribution >= 0.6 is 35.0 Å². The topological polar surface area (TPSA) is 96.0 Å². The Morgan fingerprint density at radius 1 is 0.977 bits per heavy atom. The van der Waals surface area contributed by atoms with Crippen LogP contribution in [-0.4, -0.2) is 57.1 Å². The molecule has 3 aromatic rings. The maximum Gasteiger partial charge on any atom is 0.264 e. The number of nitrogens with zero attached hydrogens (tertiary/aromatic N) is 2. The Bertz CT molecular complexity index is 1500. The molecule has 0 fully saturated rings. The molecule has 0 bridgehead atoms. The zero-order valence-corrected chi connectivity index (χ0v) is 28.0. The number of sulfonamides is 1. The van der Waals surface area contributed by atoms with Crippen LogP contribution in [0.25, 0.3) is 0 Å². The molecule has 1 N–H and O–H groups in total. The summed E-state index contributed by atoms with van der Waals surface area (Å²) in [5.74, 6) is -0.191. The van der Waals surface area contributed by atoms with E-state index in [4.69, 9.17) is 27.9 Å². The number of amides is 2. The first kappa shape index (κ1) is 34.6. The van der Waals surface area contributed by atoms with E-state index < -0.39 is 28.5 Å². The van der Waals surface area contributed by atoms with Gasteiger partial charge in [0.1, 0.15) is 18.3 Å². The first-order chi connectivity index (χ1) is 20.4. The summed E-state index contributed by atoms with van der Waals surface area (Å²) in [6, 6.07) is 16.9. The Hall–Kier alpha value is -2.92. The Kier molecular flexibility index (Phi) is 12.6. The molecule has 0 aliphatic carbocycles. The van der Waals surface area contributed by atoms with E-state index in [1.807, 2.05) is 27.0 Å². The van der Waals surface area contributed by atoms with Crippen LogP contribution in [0.1, 0.15) is 33.3 Å². The Balaban J connectivity index is 2.04. The number of thioether (sulfide) groups is 1. The van der Waals surface area contributed by atoms with Gasteiger partial charge in [-0.2, -0.15) is 0 Å². The lowest BCUT2D eigenvalue weighted by atomic mass is 10.1. The summed E-state index contributed by atoms with van der Waals surface area (Å²) in [4.78, 5) is 29.5. The summed E-state index contributed by atoms with van der Waals surface area (Å²) >= 11 is 14.0. The number of hydrogen-bond donors (Lipinski definition) is 1. The molecule has 1 atom stereocenters. The minimum Gasteiger partial charge on any atom is -0.494 e. The van der Waals surface area contributed by atoms with Crippen LogP contribution in [0.2, 0.25) is 10.0 Å². The minimum absolute atomic E-state index is 0.0296. The van der Waals surface area contributed by atoms with Crippen LogP contribution in [0.15, 0.2) is 76.5 Å². The van der Waals surface area contributed by atoms with E-state index in [9.17, 15) is 18.0 Å². The second-order valence-electron chi connectivity index (χ2n) is 10.2. The molecule has 0 aromatic heterocycles. The summed E-state index contributed by atoms with van der Waals surface area (Å²) in [5.41, 5.74) is 0.832. The summed E-state index contributed by atoms with van der Waals surface area (Å²) in [5, 5.41) is 3.61. The van der Waals surface area contributed by atoms with Gasteiger partial charge in [-0.15, -0.1) is 11.8 Å². The average Bonchev–Trinajstić information content (AvgIpc) is 2.98. The number of hydrogen-bond acceptors (Lipinski definition) is 6. The van der Waals surface area contributed by atoms with Gasteiger partial charge in [-0.05, 0) is 92.2 Å². The van der Waals surface area contributed by atoms with Crippen molar-refractivity contribution < 1.29 is 22.7 Å². The van der Waals surface area contributed by atoms with Gasteiger partial charge in [0.15, 0.2) is 0 Å². The molecule has 0 spiro atoms. The van der Waals surface area contributed by atoms with E-state index in [0.717, 1.165) is 9.20 Å². The third-order valence-corrected chi connectivity index (χ3v) is 9.69. The highest BCUT2D eigenvalue weighted by molar-refractivity contribution is 7.98. The van der Waals surface area contributed by atoms with Crippen LogP contribution < -0.4 is 14.4 Å². The first-order valence-corrected chi connectivity index (χ1v) is 17.2. The molecule has 0 unspecified atom stereocenters. The highest BCUT2D eigenvalue weighted by Crippen LogP contribution is 2.29.